The van der Waals surface area contributed by atoms with Gasteiger partial charge >= 0.3 is 111 Å². The fourth-order valence-corrected chi connectivity index (χ4v) is 3.62. The van der Waals surface area contributed by atoms with E-state index in [2.05, 4.69) is 0 Å². The first kappa shape index (κ1) is 11.2. The summed E-state index contributed by atoms with van der Waals surface area (Å²) in [5, 5.41) is 0. The van der Waals surface area contributed by atoms with E-state index in [1.165, 1.54) is 3.92 Å². The van der Waals surface area contributed by atoms with Crippen LogP contribution in [0.1, 0.15) is 20.7 Å². The van der Waals surface area contributed by atoms with Crippen molar-refractivity contribution < 1.29 is 9.59 Å². The van der Waals surface area contributed by atoms with Gasteiger partial charge in [0.15, 0.2) is 0 Å². The van der Waals surface area contributed by atoms with Crippen molar-refractivity contribution in [3.05, 3.63) is 65.7 Å². The number of nitrogens with zero attached hydrogens (tertiary/aromatic N) is 1. The number of benzene rings is 2. The normalized spacial score (nSPS) is 13.9. The molecule has 3 nitrogen and oxygen atoms in total. The second-order valence-corrected chi connectivity index (χ2v) is 5.99. The molecule has 18 heavy (non-hydrogen) atoms. The van der Waals surface area contributed by atoms with Crippen molar-refractivity contribution >= 4 is 31.5 Å². The second-order valence-electron chi connectivity index (χ2n) is 3.85. The summed E-state index contributed by atoms with van der Waals surface area (Å²) in [5.74, 6) is -0.362. The van der Waals surface area contributed by atoms with E-state index in [0.717, 1.165) is 4.46 Å². The molecule has 4 heteroatoms. The summed E-state index contributed by atoms with van der Waals surface area (Å²) < 4.78 is 2.37. The van der Waals surface area contributed by atoms with Gasteiger partial charge in [-0.3, -0.25) is 0 Å². The van der Waals surface area contributed by atoms with E-state index in [1.807, 2.05) is 30.3 Å². The number of hydrogen-bond acceptors (Lipinski definition) is 2. The molecular formula is C14H9NO2Se. The predicted molar refractivity (Wildman–Crippen MR) is 68.8 cm³/mol. The summed E-state index contributed by atoms with van der Waals surface area (Å²) in [5.41, 5.74) is 1.03. The minimum atomic E-state index is -0.297. The van der Waals surface area contributed by atoms with Crippen LogP contribution < -0.4 is 4.46 Å². The van der Waals surface area contributed by atoms with Crippen molar-refractivity contribution in [1.29, 1.82) is 0 Å². The van der Waals surface area contributed by atoms with Crippen LogP contribution in [-0.4, -0.2) is 30.9 Å². The topological polar surface area (TPSA) is 37.4 Å². The van der Waals surface area contributed by atoms with Gasteiger partial charge in [-0.05, 0) is 0 Å². The van der Waals surface area contributed by atoms with E-state index in [9.17, 15) is 9.59 Å². The zero-order chi connectivity index (χ0) is 12.5. The molecule has 1 aliphatic heterocycles. The first-order chi connectivity index (χ1) is 8.77. The number of hydrogen-bond donors (Lipinski definition) is 0. The van der Waals surface area contributed by atoms with Gasteiger partial charge in [-0.15, -0.1) is 0 Å². The number of rotatable bonds is 2. The summed E-state index contributed by atoms with van der Waals surface area (Å²) in [6, 6.07) is 16.6. The molecule has 0 spiro atoms. The van der Waals surface area contributed by atoms with Crippen LogP contribution in [0.3, 0.4) is 0 Å². The predicted octanol–water partition coefficient (Wildman–Crippen LogP) is 1.23. The Labute approximate surface area is 111 Å². The van der Waals surface area contributed by atoms with E-state index in [4.69, 9.17) is 0 Å². The summed E-state index contributed by atoms with van der Waals surface area (Å²) in [6.45, 7) is 0. The van der Waals surface area contributed by atoms with E-state index in [-0.39, 0.29) is 27.0 Å². The van der Waals surface area contributed by atoms with E-state index >= 15 is 0 Å². The molecule has 2 aromatic carbocycles. The molecule has 0 saturated carbocycles. The SMILES string of the molecule is O=C1c2ccccc2C(=O)N1[Se]c1ccccc1. The Kier molecular flexibility index (Phi) is 2.74. The Hall–Kier alpha value is -1.90. The molecule has 0 atom stereocenters. The van der Waals surface area contributed by atoms with Gasteiger partial charge in [-0.1, -0.05) is 0 Å². The Morgan fingerprint density at radius 1 is 0.722 bits per heavy atom. The Balaban J connectivity index is 1.93. The average Bonchev–Trinajstić information content (AvgIpc) is 2.66. The van der Waals surface area contributed by atoms with Crippen LogP contribution in [-0.2, 0) is 0 Å². The summed E-state index contributed by atoms with van der Waals surface area (Å²) in [4.78, 5) is 24.3. The van der Waals surface area contributed by atoms with Crippen LogP contribution in [0.15, 0.2) is 54.6 Å². The number of carbonyl (C=O) groups is 2. The zero-order valence-corrected chi connectivity index (χ0v) is 11.1. The first-order valence-electron chi connectivity index (χ1n) is 5.48. The quantitative estimate of drug-likeness (QED) is 0.618. The van der Waals surface area contributed by atoms with Gasteiger partial charge in [0.25, 0.3) is 0 Å². The van der Waals surface area contributed by atoms with Crippen molar-refractivity contribution in [2.75, 3.05) is 0 Å². The summed E-state index contributed by atoms with van der Waals surface area (Å²) >= 11 is -0.297. The molecule has 0 radical (unpaired) electrons. The third kappa shape index (κ3) is 1.76. The van der Waals surface area contributed by atoms with Gasteiger partial charge in [0, 0.05) is 0 Å². The van der Waals surface area contributed by atoms with Crippen LogP contribution in [0.2, 0.25) is 0 Å². The van der Waals surface area contributed by atoms with E-state index in [1.54, 1.807) is 24.3 Å². The molecule has 2 aromatic rings. The van der Waals surface area contributed by atoms with Gasteiger partial charge in [0.2, 0.25) is 0 Å². The van der Waals surface area contributed by atoms with Gasteiger partial charge in [-0.25, -0.2) is 0 Å². The Bertz CT molecular complexity index is 590. The van der Waals surface area contributed by atoms with E-state index < -0.39 is 0 Å². The number of fused-ring (bicyclic) bond motifs is 1. The first-order valence-corrected chi connectivity index (χ1v) is 7.10. The van der Waals surface area contributed by atoms with E-state index in [0.29, 0.717) is 11.1 Å². The fraction of sp³-hybridized carbons (Fsp3) is 0. The van der Waals surface area contributed by atoms with Crippen LogP contribution in [0.25, 0.3) is 0 Å². The summed E-state index contributed by atoms with van der Waals surface area (Å²) in [7, 11) is 0. The van der Waals surface area contributed by atoms with Crippen LogP contribution in [0.5, 0.6) is 0 Å². The van der Waals surface area contributed by atoms with Gasteiger partial charge in [0.1, 0.15) is 0 Å². The van der Waals surface area contributed by atoms with Crippen LogP contribution in [0, 0.1) is 0 Å². The monoisotopic (exact) mass is 303 g/mol. The van der Waals surface area contributed by atoms with Crippen molar-refractivity contribution in [3.63, 3.8) is 0 Å². The van der Waals surface area contributed by atoms with Gasteiger partial charge < -0.3 is 0 Å². The molecule has 0 bridgehead atoms. The summed E-state index contributed by atoms with van der Waals surface area (Å²) in [6.07, 6.45) is 0. The molecule has 0 aliphatic carbocycles. The Morgan fingerprint density at radius 3 is 1.78 bits per heavy atom. The number of carbonyl (C=O) groups excluding carboxylic acids is 2. The average molecular weight is 302 g/mol. The third-order valence-electron chi connectivity index (χ3n) is 2.70. The molecule has 88 valence electrons. The maximum absolute atomic E-state index is 12.1. The third-order valence-corrected chi connectivity index (χ3v) is 4.79. The fourth-order valence-electron chi connectivity index (χ4n) is 1.84. The molecule has 0 aromatic heterocycles. The molecule has 3 rings (SSSR count). The second kappa shape index (κ2) is 4.41. The van der Waals surface area contributed by atoms with Crippen molar-refractivity contribution in [2.24, 2.45) is 0 Å². The van der Waals surface area contributed by atoms with Gasteiger partial charge in [-0.2, -0.15) is 0 Å². The molecule has 0 saturated heterocycles. The minimum absolute atomic E-state index is 0.181. The van der Waals surface area contributed by atoms with Crippen molar-refractivity contribution in [3.8, 4) is 0 Å². The van der Waals surface area contributed by atoms with Crippen molar-refractivity contribution in [2.45, 2.75) is 0 Å². The molecule has 0 fully saturated rings. The van der Waals surface area contributed by atoms with Crippen LogP contribution in [0.4, 0.5) is 0 Å². The molecule has 1 heterocycles. The molecule has 2 amide bonds. The zero-order valence-electron chi connectivity index (χ0n) is 9.37. The standard InChI is InChI=1S/C14H9NO2Se/c16-13-11-8-4-5-9-12(11)14(17)15(13)18-10-6-2-1-3-7-10/h1-9H. The van der Waals surface area contributed by atoms with Gasteiger partial charge in [0.05, 0.1) is 0 Å². The van der Waals surface area contributed by atoms with Crippen molar-refractivity contribution in [1.82, 2.24) is 3.92 Å². The molecule has 1 aliphatic rings. The molecular weight excluding hydrogens is 293 g/mol. The molecule has 0 unspecified atom stereocenters. The number of amides is 2. The number of imide groups is 1. The molecule has 0 N–H and O–H groups in total. The Morgan fingerprint density at radius 2 is 1.22 bits per heavy atom. The maximum atomic E-state index is 12.1. The van der Waals surface area contributed by atoms with Crippen LogP contribution >= 0.6 is 0 Å².